The Bertz CT molecular complexity index is 1340. The Morgan fingerprint density at radius 2 is 1.91 bits per heavy atom. The molecule has 0 aliphatic heterocycles. The van der Waals surface area contributed by atoms with Crippen molar-refractivity contribution in [3.05, 3.63) is 73.3 Å². The van der Waals surface area contributed by atoms with Crippen molar-refractivity contribution in [3.63, 3.8) is 0 Å². The Morgan fingerprint density at radius 3 is 2.75 bits per heavy atom. The predicted molar refractivity (Wildman–Crippen MR) is 122 cm³/mol. The zero-order valence-corrected chi connectivity index (χ0v) is 17.9. The summed E-state index contributed by atoms with van der Waals surface area (Å²) < 4.78 is 3.95. The monoisotopic (exact) mass is 425 g/mol. The zero-order valence-electron chi connectivity index (χ0n) is 17.9. The molecule has 0 aromatic carbocycles. The average Bonchev–Trinajstić information content (AvgIpc) is 3.49. The molecule has 0 saturated carbocycles. The minimum absolute atomic E-state index is 0.378. The Hall–Kier alpha value is -4.14. The molecule has 1 N–H and O–H groups in total. The van der Waals surface area contributed by atoms with Crippen LogP contribution in [-0.2, 0) is 13.1 Å². The summed E-state index contributed by atoms with van der Waals surface area (Å²) >= 11 is 0. The molecular formula is C23H23N9. The summed E-state index contributed by atoms with van der Waals surface area (Å²) in [6, 6.07) is 7.87. The van der Waals surface area contributed by atoms with Crippen LogP contribution in [0.4, 0.5) is 11.6 Å². The lowest BCUT2D eigenvalue weighted by atomic mass is 10.1. The zero-order chi connectivity index (χ0) is 21.9. The third kappa shape index (κ3) is 4.31. The number of fused-ring (bicyclic) bond motifs is 1. The van der Waals surface area contributed by atoms with E-state index in [1.807, 2.05) is 58.3 Å². The minimum Gasteiger partial charge on any atom is -0.336 e. The van der Waals surface area contributed by atoms with E-state index in [2.05, 4.69) is 44.4 Å². The molecule has 9 heteroatoms. The van der Waals surface area contributed by atoms with Gasteiger partial charge in [0.1, 0.15) is 5.82 Å². The molecule has 0 atom stereocenters. The normalized spacial score (nSPS) is 11.3. The van der Waals surface area contributed by atoms with Gasteiger partial charge in [-0.2, -0.15) is 10.2 Å². The van der Waals surface area contributed by atoms with Crippen molar-refractivity contribution >= 4 is 22.7 Å². The first-order valence-corrected chi connectivity index (χ1v) is 10.5. The molecule has 0 unspecified atom stereocenters. The van der Waals surface area contributed by atoms with Crippen molar-refractivity contribution in [1.29, 1.82) is 0 Å². The maximum Gasteiger partial charge on any atom is 0.154 e. The number of rotatable bonds is 7. The molecule has 0 fully saturated rings. The standard InChI is InChI=1S/C23H23N9/c1-16(2)17-10-23(30-26-12-17)29-22-4-3-20-21(28-22)9-18(11-25-20)19-13-27-32(14-19)8-7-31-6-5-24-15-31/h3-6,9-16H,7-8H2,1-2H3,(H,28,29,30). The number of nitrogens with one attached hydrogen (secondary N) is 1. The highest BCUT2D eigenvalue weighted by Gasteiger charge is 2.08. The van der Waals surface area contributed by atoms with Gasteiger partial charge in [0.15, 0.2) is 5.82 Å². The number of nitrogens with zero attached hydrogens (tertiary/aromatic N) is 8. The van der Waals surface area contributed by atoms with Gasteiger partial charge in [-0.25, -0.2) is 9.97 Å². The van der Waals surface area contributed by atoms with Gasteiger partial charge >= 0.3 is 0 Å². The average molecular weight is 426 g/mol. The minimum atomic E-state index is 0.378. The number of aromatic nitrogens is 8. The quantitative estimate of drug-likeness (QED) is 0.420. The first kappa shape index (κ1) is 19.8. The van der Waals surface area contributed by atoms with Crippen molar-refractivity contribution in [2.75, 3.05) is 5.32 Å². The van der Waals surface area contributed by atoms with E-state index < -0.39 is 0 Å². The topological polar surface area (TPSA) is 99.2 Å². The van der Waals surface area contributed by atoms with Crippen LogP contribution in [0.2, 0.25) is 0 Å². The fourth-order valence-electron chi connectivity index (χ4n) is 3.40. The first-order valence-electron chi connectivity index (χ1n) is 10.5. The predicted octanol–water partition coefficient (Wildman–Crippen LogP) is 4.05. The third-order valence-electron chi connectivity index (χ3n) is 5.25. The molecule has 0 aliphatic rings. The summed E-state index contributed by atoms with van der Waals surface area (Å²) in [4.78, 5) is 13.4. The highest BCUT2D eigenvalue weighted by Crippen LogP contribution is 2.24. The second kappa shape index (κ2) is 8.54. The van der Waals surface area contributed by atoms with Crippen LogP contribution in [0.3, 0.4) is 0 Å². The molecule has 5 rings (SSSR count). The smallest absolute Gasteiger partial charge is 0.154 e. The van der Waals surface area contributed by atoms with Crippen LogP contribution in [0.25, 0.3) is 22.2 Å². The van der Waals surface area contributed by atoms with Crippen LogP contribution in [0.5, 0.6) is 0 Å². The Morgan fingerprint density at radius 1 is 0.969 bits per heavy atom. The van der Waals surface area contributed by atoms with Gasteiger partial charge in [-0.1, -0.05) is 13.8 Å². The van der Waals surface area contributed by atoms with Gasteiger partial charge in [-0.05, 0) is 35.7 Å². The van der Waals surface area contributed by atoms with Crippen LogP contribution in [0, 0.1) is 0 Å². The van der Waals surface area contributed by atoms with Crippen molar-refractivity contribution < 1.29 is 0 Å². The first-order chi connectivity index (χ1) is 15.6. The van der Waals surface area contributed by atoms with E-state index in [-0.39, 0.29) is 0 Å². The van der Waals surface area contributed by atoms with Crippen LogP contribution in [-0.4, -0.2) is 39.5 Å². The van der Waals surface area contributed by atoms with E-state index in [9.17, 15) is 0 Å². The van der Waals surface area contributed by atoms with Gasteiger partial charge in [0.25, 0.3) is 0 Å². The van der Waals surface area contributed by atoms with Gasteiger partial charge in [0, 0.05) is 42.5 Å². The van der Waals surface area contributed by atoms with E-state index in [4.69, 9.17) is 4.98 Å². The summed E-state index contributed by atoms with van der Waals surface area (Å²) in [5, 5.41) is 16.0. The maximum atomic E-state index is 4.73. The maximum absolute atomic E-state index is 4.73. The highest BCUT2D eigenvalue weighted by atomic mass is 15.3. The molecule has 32 heavy (non-hydrogen) atoms. The van der Waals surface area contributed by atoms with Crippen molar-refractivity contribution in [2.45, 2.75) is 32.9 Å². The second-order valence-corrected chi connectivity index (χ2v) is 7.91. The van der Waals surface area contributed by atoms with E-state index in [0.717, 1.165) is 40.8 Å². The number of imidazole rings is 1. The number of pyridine rings is 2. The largest absolute Gasteiger partial charge is 0.336 e. The summed E-state index contributed by atoms with van der Waals surface area (Å²) in [7, 11) is 0. The number of hydrogen-bond donors (Lipinski definition) is 1. The van der Waals surface area contributed by atoms with Crippen molar-refractivity contribution in [3.8, 4) is 11.1 Å². The van der Waals surface area contributed by atoms with Crippen molar-refractivity contribution in [1.82, 2.24) is 39.5 Å². The van der Waals surface area contributed by atoms with Gasteiger partial charge in [-0.3, -0.25) is 9.67 Å². The van der Waals surface area contributed by atoms with E-state index >= 15 is 0 Å². The Balaban J connectivity index is 1.36. The SMILES string of the molecule is CC(C)c1cnnc(Nc2ccc3ncc(-c4cnn(CCn5ccnc5)c4)cc3n2)c1. The molecule has 5 aromatic rings. The van der Waals surface area contributed by atoms with Gasteiger partial charge in [0.2, 0.25) is 0 Å². The fraction of sp³-hybridized carbons (Fsp3) is 0.217. The van der Waals surface area contributed by atoms with Crippen LogP contribution in [0.1, 0.15) is 25.3 Å². The fourth-order valence-corrected chi connectivity index (χ4v) is 3.40. The highest BCUT2D eigenvalue weighted by molar-refractivity contribution is 5.81. The van der Waals surface area contributed by atoms with E-state index in [1.54, 1.807) is 18.7 Å². The van der Waals surface area contributed by atoms with Crippen molar-refractivity contribution in [2.24, 2.45) is 0 Å². The lowest BCUT2D eigenvalue weighted by Crippen LogP contribution is -2.05. The van der Waals surface area contributed by atoms with Crippen LogP contribution in [0.15, 0.2) is 67.8 Å². The number of aryl methyl sites for hydroxylation is 2. The molecular weight excluding hydrogens is 402 g/mol. The van der Waals surface area contributed by atoms with E-state index in [1.165, 1.54) is 0 Å². The second-order valence-electron chi connectivity index (χ2n) is 7.91. The molecule has 0 saturated heterocycles. The molecule has 0 spiro atoms. The summed E-state index contributed by atoms with van der Waals surface area (Å²) in [5.74, 6) is 1.75. The van der Waals surface area contributed by atoms with Gasteiger partial charge in [-0.15, -0.1) is 5.10 Å². The molecule has 0 amide bonds. The molecule has 5 heterocycles. The Kier molecular flexibility index (Phi) is 5.29. The van der Waals surface area contributed by atoms with Gasteiger partial charge in [0.05, 0.1) is 36.3 Å². The number of anilines is 2. The summed E-state index contributed by atoms with van der Waals surface area (Å²) in [5.41, 5.74) is 4.72. The molecule has 0 bridgehead atoms. The number of hydrogen-bond acceptors (Lipinski definition) is 7. The molecule has 0 aliphatic carbocycles. The summed E-state index contributed by atoms with van der Waals surface area (Å²) in [6.45, 7) is 5.83. The van der Waals surface area contributed by atoms with Crippen LogP contribution >= 0.6 is 0 Å². The third-order valence-corrected chi connectivity index (χ3v) is 5.25. The van der Waals surface area contributed by atoms with Gasteiger partial charge < -0.3 is 9.88 Å². The molecule has 0 radical (unpaired) electrons. The molecule has 9 nitrogen and oxygen atoms in total. The van der Waals surface area contributed by atoms with E-state index in [0.29, 0.717) is 17.6 Å². The lowest BCUT2D eigenvalue weighted by Gasteiger charge is -2.09. The molecule has 5 aromatic heterocycles. The lowest BCUT2D eigenvalue weighted by molar-refractivity contribution is 0.533. The Labute approximate surface area is 185 Å². The summed E-state index contributed by atoms with van der Waals surface area (Å²) in [6.07, 6.45) is 13.0. The molecule has 160 valence electrons. The van der Waals surface area contributed by atoms with Crippen LogP contribution < -0.4 is 5.32 Å².